The number of benzene rings is 1. The quantitative estimate of drug-likeness (QED) is 0.479. The minimum Gasteiger partial charge on any atom is -0.497 e. The molecule has 0 aliphatic heterocycles. The number of aryl methyl sites for hydroxylation is 2. The Morgan fingerprint density at radius 1 is 0.935 bits per heavy atom. The third-order valence-corrected chi connectivity index (χ3v) is 4.63. The van der Waals surface area contributed by atoms with Crippen molar-refractivity contribution in [1.29, 1.82) is 0 Å². The number of aromatic nitrogens is 5. The van der Waals surface area contributed by atoms with Gasteiger partial charge in [0.1, 0.15) is 22.9 Å². The molecule has 4 rings (SSSR count). The van der Waals surface area contributed by atoms with Gasteiger partial charge in [-0.15, -0.1) is 0 Å². The molecule has 1 aromatic carbocycles. The maximum atomic E-state index is 5.44. The van der Waals surface area contributed by atoms with E-state index in [9.17, 15) is 0 Å². The summed E-state index contributed by atoms with van der Waals surface area (Å²) in [6.07, 6.45) is 5.06. The number of hydrogen-bond donors (Lipinski definition) is 1. The van der Waals surface area contributed by atoms with Crippen molar-refractivity contribution < 1.29 is 14.0 Å². The molecule has 0 bridgehead atoms. The Morgan fingerprint density at radius 2 is 1.81 bits per heavy atom. The Hall–Kier alpha value is -4.01. The largest absolute Gasteiger partial charge is 0.497 e. The lowest BCUT2D eigenvalue weighted by atomic mass is 10.1. The van der Waals surface area contributed by atoms with Gasteiger partial charge in [-0.1, -0.05) is 5.16 Å². The molecule has 0 spiro atoms. The van der Waals surface area contributed by atoms with Crippen molar-refractivity contribution >= 4 is 5.95 Å². The van der Waals surface area contributed by atoms with Crippen LogP contribution in [0.1, 0.15) is 17.0 Å². The minimum atomic E-state index is 0.433. The molecule has 0 amide bonds. The minimum absolute atomic E-state index is 0.433. The molecular formula is C22H22N6O3. The average Bonchev–Trinajstić information content (AvgIpc) is 3.23. The fourth-order valence-electron chi connectivity index (χ4n) is 3.04. The van der Waals surface area contributed by atoms with Crippen LogP contribution in [0.25, 0.3) is 22.7 Å². The summed E-state index contributed by atoms with van der Waals surface area (Å²) in [7, 11) is 3.26. The lowest BCUT2D eigenvalue weighted by Crippen LogP contribution is -2.07. The van der Waals surface area contributed by atoms with Crippen LogP contribution in [0, 0.1) is 13.8 Å². The number of rotatable bonds is 7. The highest BCUT2D eigenvalue weighted by Crippen LogP contribution is 2.30. The number of nitrogens with one attached hydrogen (secondary N) is 1. The SMILES string of the molecule is COc1ccc(OC)c(CNc2ncc(-c3cc(C)no3)c(-c3cnc(C)cn3)n2)c1. The van der Waals surface area contributed by atoms with E-state index >= 15 is 0 Å². The molecule has 1 N–H and O–H groups in total. The molecule has 3 heterocycles. The van der Waals surface area contributed by atoms with Gasteiger partial charge in [-0.3, -0.25) is 9.97 Å². The topological polar surface area (TPSA) is 108 Å². The third-order valence-electron chi connectivity index (χ3n) is 4.63. The molecule has 31 heavy (non-hydrogen) atoms. The Balaban J connectivity index is 1.68. The Morgan fingerprint density at radius 3 is 2.48 bits per heavy atom. The molecule has 4 aromatic rings. The fraction of sp³-hybridized carbons (Fsp3) is 0.227. The number of hydrogen-bond acceptors (Lipinski definition) is 9. The second kappa shape index (κ2) is 8.78. The standard InChI is InChI=1S/C22H22N6O3/c1-13-7-20(31-28-13)17-11-26-22(27-21(17)18-12-23-14(2)9-24-18)25-10-15-8-16(29-3)5-6-19(15)30-4/h5-9,11-12H,10H2,1-4H3,(H,25,26,27). The highest BCUT2D eigenvalue weighted by Gasteiger charge is 2.17. The van der Waals surface area contributed by atoms with Gasteiger partial charge in [0.2, 0.25) is 5.95 Å². The van der Waals surface area contributed by atoms with E-state index in [1.54, 1.807) is 32.8 Å². The van der Waals surface area contributed by atoms with E-state index in [0.29, 0.717) is 35.2 Å². The van der Waals surface area contributed by atoms with Crippen molar-refractivity contribution in [3.05, 3.63) is 59.8 Å². The van der Waals surface area contributed by atoms with Crippen LogP contribution in [0.3, 0.4) is 0 Å². The van der Waals surface area contributed by atoms with Gasteiger partial charge in [0.15, 0.2) is 5.76 Å². The van der Waals surface area contributed by atoms with Crippen molar-refractivity contribution in [2.75, 3.05) is 19.5 Å². The first-order valence-corrected chi connectivity index (χ1v) is 9.62. The molecule has 0 aliphatic rings. The monoisotopic (exact) mass is 418 g/mol. The van der Waals surface area contributed by atoms with Crippen LogP contribution in [0.4, 0.5) is 5.95 Å². The first-order valence-electron chi connectivity index (χ1n) is 9.62. The van der Waals surface area contributed by atoms with Crippen LogP contribution in [0.5, 0.6) is 11.5 Å². The van der Waals surface area contributed by atoms with Gasteiger partial charge in [-0.2, -0.15) is 0 Å². The zero-order valence-corrected chi connectivity index (χ0v) is 17.7. The molecular weight excluding hydrogens is 396 g/mol. The predicted octanol–water partition coefficient (Wildman–Crippen LogP) is 3.83. The van der Waals surface area contributed by atoms with E-state index in [0.717, 1.165) is 28.5 Å². The van der Waals surface area contributed by atoms with E-state index in [1.165, 1.54) is 0 Å². The number of methoxy groups -OCH3 is 2. The van der Waals surface area contributed by atoms with Gasteiger partial charge >= 0.3 is 0 Å². The second-order valence-electron chi connectivity index (χ2n) is 6.86. The summed E-state index contributed by atoms with van der Waals surface area (Å²) in [5, 5.41) is 7.21. The summed E-state index contributed by atoms with van der Waals surface area (Å²) >= 11 is 0. The lowest BCUT2D eigenvalue weighted by molar-refractivity contribution is 0.399. The average molecular weight is 418 g/mol. The zero-order chi connectivity index (χ0) is 21.8. The van der Waals surface area contributed by atoms with Gasteiger partial charge in [-0.05, 0) is 32.0 Å². The van der Waals surface area contributed by atoms with E-state index in [1.807, 2.05) is 38.1 Å². The number of ether oxygens (including phenoxy) is 2. The molecule has 9 nitrogen and oxygen atoms in total. The summed E-state index contributed by atoms with van der Waals surface area (Å²) in [4.78, 5) is 18.0. The maximum Gasteiger partial charge on any atom is 0.223 e. The van der Waals surface area contributed by atoms with Crippen LogP contribution >= 0.6 is 0 Å². The fourth-order valence-corrected chi connectivity index (χ4v) is 3.04. The first kappa shape index (κ1) is 20.3. The van der Waals surface area contributed by atoms with E-state index in [4.69, 9.17) is 14.0 Å². The summed E-state index contributed by atoms with van der Waals surface area (Å²) in [6.45, 7) is 4.18. The molecule has 9 heteroatoms. The van der Waals surface area contributed by atoms with Crippen LogP contribution < -0.4 is 14.8 Å². The van der Waals surface area contributed by atoms with Gasteiger partial charge < -0.3 is 19.3 Å². The van der Waals surface area contributed by atoms with Crippen LogP contribution in [-0.4, -0.2) is 39.3 Å². The summed E-state index contributed by atoms with van der Waals surface area (Å²) in [5.41, 5.74) is 4.39. The van der Waals surface area contributed by atoms with Crippen LogP contribution in [0.15, 0.2) is 47.4 Å². The highest BCUT2D eigenvalue weighted by molar-refractivity contribution is 5.76. The van der Waals surface area contributed by atoms with Crippen molar-refractivity contribution in [2.45, 2.75) is 20.4 Å². The van der Waals surface area contributed by atoms with E-state index in [2.05, 4.69) is 30.4 Å². The molecule has 0 saturated carbocycles. The molecule has 0 unspecified atom stereocenters. The summed E-state index contributed by atoms with van der Waals surface area (Å²) in [6, 6.07) is 7.45. The first-order chi connectivity index (χ1) is 15.1. The van der Waals surface area contributed by atoms with E-state index in [-0.39, 0.29) is 0 Å². The Kier molecular flexibility index (Phi) is 5.74. The third kappa shape index (κ3) is 4.45. The predicted molar refractivity (Wildman–Crippen MR) is 115 cm³/mol. The van der Waals surface area contributed by atoms with Crippen molar-refractivity contribution in [3.8, 4) is 34.2 Å². The van der Waals surface area contributed by atoms with Crippen molar-refractivity contribution in [3.63, 3.8) is 0 Å². The van der Waals surface area contributed by atoms with Crippen LogP contribution in [-0.2, 0) is 6.54 Å². The zero-order valence-electron chi connectivity index (χ0n) is 17.7. The van der Waals surface area contributed by atoms with Gasteiger partial charge in [0, 0.05) is 30.6 Å². The molecule has 0 atom stereocenters. The molecule has 3 aromatic heterocycles. The van der Waals surface area contributed by atoms with Gasteiger partial charge in [0.25, 0.3) is 0 Å². The van der Waals surface area contributed by atoms with Gasteiger partial charge in [0.05, 0.1) is 37.4 Å². The Labute approximate surface area is 179 Å². The number of anilines is 1. The van der Waals surface area contributed by atoms with Crippen molar-refractivity contribution in [2.24, 2.45) is 0 Å². The normalized spacial score (nSPS) is 10.7. The molecule has 158 valence electrons. The van der Waals surface area contributed by atoms with E-state index < -0.39 is 0 Å². The highest BCUT2D eigenvalue weighted by atomic mass is 16.5. The molecule has 0 saturated heterocycles. The lowest BCUT2D eigenvalue weighted by Gasteiger charge is -2.12. The summed E-state index contributed by atoms with van der Waals surface area (Å²) < 4.78 is 16.2. The summed E-state index contributed by atoms with van der Waals surface area (Å²) in [5.74, 6) is 2.48. The molecule has 0 fully saturated rings. The molecule has 0 aliphatic carbocycles. The van der Waals surface area contributed by atoms with Crippen molar-refractivity contribution in [1.82, 2.24) is 25.1 Å². The van der Waals surface area contributed by atoms with Gasteiger partial charge in [-0.25, -0.2) is 9.97 Å². The maximum absolute atomic E-state index is 5.44. The number of nitrogens with zero attached hydrogens (tertiary/aromatic N) is 5. The Bertz CT molecular complexity index is 1190. The molecule has 0 radical (unpaired) electrons. The van der Waals surface area contributed by atoms with Crippen LogP contribution in [0.2, 0.25) is 0 Å². The second-order valence-corrected chi connectivity index (χ2v) is 6.86. The smallest absolute Gasteiger partial charge is 0.223 e.